The van der Waals surface area contributed by atoms with E-state index in [9.17, 15) is 4.79 Å². The van der Waals surface area contributed by atoms with Crippen molar-refractivity contribution >= 4 is 24.4 Å². The zero-order valence-electron chi connectivity index (χ0n) is 8.47. The van der Waals surface area contributed by atoms with Gasteiger partial charge in [0.05, 0.1) is 5.75 Å². The summed E-state index contributed by atoms with van der Waals surface area (Å²) in [6, 6.07) is 0. The van der Waals surface area contributed by atoms with Crippen LogP contribution in [-0.4, -0.2) is 24.1 Å². The third-order valence-corrected chi connectivity index (χ3v) is 11.5. The van der Waals surface area contributed by atoms with E-state index in [0.29, 0.717) is 0 Å². The summed E-state index contributed by atoms with van der Waals surface area (Å²) < 4.78 is 0. The van der Waals surface area contributed by atoms with E-state index in [1.807, 2.05) is 0 Å². The minimum absolute atomic E-state index is 0.247. The lowest BCUT2D eigenvalue weighted by Crippen LogP contribution is -2.34. The lowest BCUT2D eigenvalue weighted by molar-refractivity contribution is -0.133. The maximum atomic E-state index is 10.4. The maximum absolute atomic E-state index is 10.4. The summed E-state index contributed by atoms with van der Waals surface area (Å²) in [5.41, 5.74) is 0. The van der Waals surface area contributed by atoms with Crippen LogP contribution in [0.3, 0.4) is 0 Å². The normalized spacial score (nSPS) is 13.1. The molecule has 0 rings (SSSR count). The molecule has 0 spiro atoms. The molecule has 0 unspecified atom stereocenters. The van der Waals surface area contributed by atoms with Gasteiger partial charge in [-0.3, -0.25) is 4.79 Å². The van der Waals surface area contributed by atoms with Gasteiger partial charge in [0.25, 0.3) is 0 Å². The Kier molecular flexibility index (Phi) is 3.84. The molecule has 2 nitrogen and oxygen atoms in total. The summed E-state index contributed by atoms with van der Waals surface area (Å²) in [6.07, 6.45) is 0. The van der Waals surface area contributed by atoms with Crippen molar-refractivity contribution in [2.24, 2.45) is 0 Å². The van der Waals surface area contributed by atoms with Crippen molar-refractivity contribution in [2.45, 2.75) is 38.9 Å². The monoisotopic (exact) mass is 206 g/mol. The Labute approximate surface area is 79.4 Å². The van der Waals surface area contributed by atoms with Crippen molar-refractivity contribution in [2.75, 3.05) is 5.75 Å². The highest BCUT2D eigenvalue weighted by Crippen LogP contribution is 2.42. The molecule has 0 aromatic rings. The van der Waals surface area contributed by atoms with E-state index in [1.54, 1.807) is 11.2 Å². The van der Waals surface area contributed by atoms with Crippen LogP contribution in [0, 0.1) is 0 Å². The Hall–Kier alpha value is 0.0369. The molecule has 0 saturated heterocycles. The second-order valence-electron chi connectivity index (χ2n) is 4.44. The van der Waals surface area contributed by atoms with E-state index in [1.165, 1.54) is 0 Å². The third kappa shape index (κ3) is 3.63. The van der Waals surface area contributed by atoms with Crippen molar-refractivity contribution in [3.63, 3.8) is 0 Å². The van der Waals surface area contributed by atoms with Crippen LogP contribution in [-0.2, 0) is 4.79 Å². The summed E-state index contributed by atoms with van der Waals surface area (Å²) >= 11 is 1.63. The molecule has 0 aliphatic heterocycles. The number of carboxylic acids is 1. The summed E-state index contributed by atoms with van der Waals surface area (Å²) in [4.78, 5) is 10.4. The summed E-state index contributed by atoms with van der Waals surface area (Å²) in [7, 11) is -1.43. The van der Waals surface area contributed by atoms with Gasteiger partial charge in [0, 0.05) is 0 Å². The van der Waals surface area contributed by atoms with Gasteiger partial charge in [0.1, 0.15) is 7.22 Å². The topological polar surface area (TPSA) is 37.3 Å². The van der Waals surface area contributed by atoms with E-state index in [-0.39, 0.29) is 10.8 Å². The Morgan fingerprint density at radius 2 is 1.83 bits per heavy atom. The molecule has 0 radical (unpaired) electrons. The third-order valence-electron chi connectivity index (χ3n) is 2.36. The summed E-state index contributed by atoms with van der Waals surface area (Å²) in [5.74, 6) is -0.457. The number of carbonyl (C=O) groups is 1. The van der Waals surface area contributed by atoms with Crippen molar-refractivity contribution in [3.8, 4) is 0 Å². The molecule has 0 aromatic heterocycles. The average Bonchev–Trinajstić information content (AvgIpc) is 1.81. The summed E-state index contributed by atoms with van der Waals surface area (Å²) in [6.45, 7) is 11.0. The smallest absolute Gasteiger partial charge is 0.312 e. The lowest BCUT2D eigenvalue weighted by Gasteiger charge is -2.35. The van der Waals surface area contributed by atoms with Crippen LogP contribution in [0.15, 0.2) is 0 Å². The van der Waals surface area contributed by atoms with Crippen LogP contribution < -0.4 is 0 Å². The molecule has 0 bridgehead atoms. The highest BCUT2D eigenvalue weighted by Gasteiger charge is 2.36. The summed E-state index contributed by atoms with van der Waals surface area (Å²) in [5, 5.41) is 8.81. The highest BCUT2D eigenvalue weighted by atomic mass is 32.4. The van der Waals surface area contributed by atoms with E-state index < -0.39 is 13.2 Å². The second-order valence-corrected chi connectivity index (χ2v) is 13.5. The number of rotatable bonds is 3. The fraction of sp³-hybridized carbons (Fsp3) is 0.875. The molecule has 1 N–H and O–H groups in total. The van der Waals surface area contributed by atoms with E-state index in [2.05, 4.69) is 33.9 Å². The molecule has 0 aliphatic carbocycles. The van der Waals surface area contributed by atoms with Gasteiger partial charge < -0.3 is 5.11 Å². The fourth-order valence-electron chi connectivity index (χ4n) is 0.459. The van der Waals surface area contributed by atoms with Crippen molar-refractivity contribution in [1.29, 1.82) is 0 Å². The van der Waals surface area contributed by atoms with E-state index in [4.69, 9.17) is 5.11 Å². The Morgan fingerprint density at radius 3 is 2.08 bits per heavy atom. The van der Waals surface area contributed by atoms with E-state index in [0.717, 1.165) is 0 Å². The number of aliphatic carboxylic acids is 1. The van der Waals surface area contributed by atoms with Crippen molar-refractivity contribution in [3.05, 3.63) is 0 Å². The number of hydrogen-bond donors (Lipinski definition) is 1. The zero-order chi connectivity index (χ0) is 9.99. The fourth-order valence-corrected chi connectivity index (χ4v) is 4.13. The van der Waals surface area contributed by atoms with Crippen molar-refractivity contribution in [1.82, 2.24) is 0 Å². The molecule has 72 valence electrons. The van der Waals surface area contributed by atoms with Crippen LogP contribution in [0.1, 0.15) is 20.8 Å². The van der Waals surface area contributed by atoms with Crippen LogP contribution in [0.4, 0.5) is 0 Å². The SMILES string of the molecule is CC(C)(C)[Si](C)(C)SCC(=O)O. The molecule has 0 amide bonds. The van der Waals surface area contributed by atoms with Gasteiger partial charge in [-0.2, -0.15) is 11.2 Å². The van der Waals surface area contributed by atoms with Gasteiger partial charge in [-0.05, 0) is 5.04 Å². The Morgan fingerprint density at radius 1 is 1.42 bits per heavy atom. The molecule has 0 saturated carbocycles. The molecular formula is C8H18O2SSi. The Balaban J connectivity index is 4.14. The standard InChI is InChI=1S/C8H18O2SSi/c1-8(2,3)12(4,5)11-6-7(9)10/h6H2,1-5H3,(H,9,10). The minimum Gasteiger partial charge on any atom is -0.481 e. The molecular weight excluding hydrogens is 188 g/mol. The van der Waals surface area contributed by atoms with Gasteiger partial charge in [-0.1, -0.05) is 33.9 Å². The van der Waals surface area contributed by atoms with Crippen LogP contribution >= 0.6 is 11.2 Å². The van der Waals surface area contributed by atoms with Gasteiger partial charge in [-0.25, -0.2) is 0 Å². The average molecular weight is 206 g/mol. The molecule has 4 heteroatoms. The first kappa shape index (κ1) is 12.0. The zero-order valence-corrected chi connectivity index (χ0v) is 10.3. The first-order valence-corrected chi connectivity index (χ1v) is 8.73. The number of hydrogen-bond acceptors (Lipinski definition) is 2. The predicted octanol–water partition coefficient (Wildman–Crippen LogP) is 2.81. The molecule has 12 heavy (non-hydrogen) atoms. The van der Waals surface area contributed by atoms with Gasteiger partial charge in [-0.15, -0.1) is 0 Å². The van der Waals surface area contributed by atoms with Gasteiger partial charge >= 0.3 is 5.97 Å². The first-order chi connectivity index (χ1) is 5.17. The van der Waals surface area contributed by atoms with Crippen LogP contribution in [0.25, 0.3) is 0 Å². The van der Waals surface area contributed by atoms with E-state index >= 15 is 0 Å². The predicted molar refractivity (Wildman–Crippen MR) is 57.3 cm³/mol. The van der Waals surface area contributed by atoms with Crippen LogP contribution in [0.2, 0.25) is 18.1 Å². The molecule has 0 atom stereocenters. The molecule has 0 heterocycles. The first-order valence-electron chi connectivity index (χ1n) is 4.02. The second kappa shape index (κ2) is 3.83. The maximum Gasteiger partial charge on any atom is 0.312 e. The number of carboxylic acid groups (broad SMARTS) is 1. The minimum atomic E-state index is -1.43. The largest absolute Gasteiger partial charge is 0.481 e. The lowest BCUT2D eigenvalue weighted by atomic mass is 10.2. The highest BCUT2D eigenvalue weighted by molar-refractivity contribution is 8.29. The molecule has 0 aliphatic rings. The van der Waals surface area contributed by atoms with Crippen LogP contribution in [0.5, 0.6) is 0 Å². The molecule has 0 aromatic carbocycles. The quantitative estimate of drug-likeness (QED) is 0.722. The molecule has 0 fully saturated rings. The Bertz CT molecular complexity index is 172. The van der Waals surface area contributed by atoms with Crippen molar-refractivity contribution < 1.29 is 9.90 Å². The van der Waals surface area contributed by atoms with Gasteiger partial charge in [0.2, 0.25) is 0 Å². The van der Waals surface area contributed by atoms with Gasteiger partial charge in [0.15, 0.2) is 0 Å².